The van der Waals surface area contributed by atoms with Gasteiger partial charge in [-0.05, 0) is 25.4 Å². The van der Waals surface area contributed by atoms with Crippen LogP contribution in [0.3, 0.4) is 0 Å². The Labute approximate surface area is 77.7 Å². The molecule has 0 radical (unpaired) electrons. The Morgan fingerprint density at radius 1 is 1.17 bits per heavy atom. The molecule has 74 valence electrons. The van der Waals surface area contributed by atoms with Crippen LogP contribution in [0.25, 0.3) is 0 Å². The fourth-order valence-corrected chi connectivity index (χ4v) is 3.67. The summed E-state index contributed by atoms with van der Waals surface area (Å²) in [5.41, 5.74) is 0.534. The summed E-state index contributed by atoms with van der Waals surface area (Å²) in [5.74, 6) is 0. The van der Waals surface area contributed by atoms with Gasteiger partial charge in [0.25, 0.3) is 0 Å². The first-order chi connectivity index (χ1) is 5.76. The van der Waals surface area contributed by atoms with E-state index in [0.717, 1.165) is 25.4 Å². The summed E-state index contributed by atoms with van der Waals surface area (Å²) < 4.78 is 11.7. The van der Waals surface area contributed by atoms with E-state index in [-0.39, 0.29) is 0 Å². The summed E-state index contributed by atoms with van der Waals surface area (Å²) in [5, 5.41) is 0. The van der Waals surface area contributed by atoms with Crippen molar-refractivity contribution in [3.63, 3.8) is 0 Å². The first-order valence-electron chi connectivity index (χ1n) is 5.28. The summed E-state index contributed by atoms with van der Waals surface area (Å²) in [6.07, 6.45) is 6.77. The van der Waals surface area contributed by atoms with E-state index in [4.69, 9.17) is 0 Å². The maximum Gasteiger partial charge on any atom is 0.0791 e. The zero-order valence-corrected chi connectivity index (χ0v) is 9.73. The highest BCUT2D eigenvalue weighted by molar-refractivity contribution is 7.45. The van der Waals surface area contributed by atoms with Crippen molar-refractivity contribution in [2.45, 2.75) is 58.5 Å². The Morgan fingerprint density at radius 3 is 2.25 bits per heavy atom. The standard InChI is InChI=1S/C10H23OP/c1-4-7-9-12(11)10(6-3)8-5-2/h10,12H,4-9H2,1-3H3. The molecular weight excluding hydrogens is 167 g/mol. The van der Waals surface area contributed by atoms with Gasteiger partial charge in [-0.3, -0.25) is 0 Å². The molecule has 0 heterocycles. The van der Waals surface area contributed by atoms with Crippen LogP contribution in [0.5, 0.6) is 0 Å². The molecule has 0 spiro atoms. The van der Waals surface area contributed by atoms with Crippen molar-refractivity contribution in [1.29, 1.82) is 0 Å². The summed E-state index contributed by atoms with van der Waals surface area (Å²) in [7, 11) is -1.25. The highest BCUT2D eigenvalue weighted by Gasteiger charge is 2.12. The second-order valence-corrected chi connectivity index (χ2v) is 5.71. The third-order valence-corrected chi connectivity index (χ3v) is 4.82. The first-order valence-corrected chi connectivity index (χ1v) is 6.98. The average Bonchev–Trinajstić information content (AvgIpc) is 2.10. The van der Waals surface area contributed by atoms with Crippen LogP contribution in [-0.2, 0) is 4.57 Å². The lowest BCUT2D eigenvalue weighted by atomic mass is 10.2. The van der Waals surface area contributed by atoms with Gasteiger partial charge in [-0.25, -0.2) is 0 Å². The Bertz CT molecular complexity index is 123. The molecular formula is C10H23OP. The topological polar surface area (TPSA) is 17.1 Å². The van der Waals surface area contributed by atoms with Crippen molar-refractivity contribution in [3.8, 4) is 0 Å². The Kier molecular flexibility index (Phi) is 8.01. The number of rotatable bonds is 7. The highest BCUT2D eigenvalue weighted by atomic mass is 31.1. The maximum atomic E-state index is 11.7. The van der Waals surface area contributed by atoms with Gasteiger partial charge >= 0.3 is 0 Å². The fourth-order valence-electron chi connectivity index (χ4n) is 1.50. The molecule has 0 saturated carbocycles. The normalized spacial score (nSPS) is 15.9. The molecule has 0 amide bonds. The molecule has 0 aromatic heterocycles. The predicted molar refractivity (Wildman–Crippen MR) is 57.8 cm³/mol. The highest BCUT2D eigenvalue weighted by Crippen LogP contribution is 2.34. The molecule has 2 unspecified atom stereocenters. The molecule has 2 heteroatoms. The molecule has 0 rings (SSSR count). The zero-order chi connectivity index (χ0) is 9.40. The Hall–Kier alpha value is 0.230. The molecule has 12 heavy (non-hydrogen) atoms. The number of hydrogen-bond donors (Lipinski definition) is 0. The second-order valence-electron chi connectivity index (χ2n) is 3.46. The van der Waals surface area contributed by atoms with Crippen molar-refractivity contribution in [2.75, 3.05) is 6.16 Å². The molecule has 0 saturated heterocycles. The van der Waals surface area contributed by atoms with Crippen LogP contribution < -0.4 is 0 Å². The van der Waals surface area contributed by atoms with Gasteiger partial charge in [-0.2, -0.15) is 0 Å². The largest absolute Gasteiger partial charge is 0.327 e. The van der Waals surface area contributed by atoms with Crippen molar-refractivity contribution in [3.05, 3.63) is 0 Å². The van der Waals surface area contributed by atoms with Crippen LogP contribution in [0.4, 0.5) is 0 Å². The van der Waals surface area contributed by atoms with Gasteiger partial charge < -0.3 is 4.57 Å². The summed E-state index contributed by atoms with van der Waals surface area (Å²) in [6, 6.07) is 0. The van der Waals surface area contributed by atoms with E-state index < -0.39 is 7.80 Å². The molecule has 0 aliphatic heterocycles. The Balaban J connectivity index is 3.69. The number of hydrogen-bond acceptors (Lipinski definition) is 1. The Morgan fingerprint density at radius 2 is 1.83 bits per heavy atom. The number of unbranched alkanes of at least 4 members (excludes halogenated alkanes) is 1. The monoisotopic (exact) mass is 190 g/mol. The molecule has 0 N–H and O–H groups in total. The van der Waals surface area contributed by atoms with E-state index in [1.807, 2.05) is 0 Å². The van der Waals surface area contributed by atoms with Crippen molar-refractivity contribution in [1.82, 2.24) is 0 Å². The van der Waals surface area contributed by atoms with Crippen LogP contribution in [0, 0.1) is 0 Å². The summed E-state index contributed by atoms with van der Waals surface area (Å²) >= 11 is 0. The molecule has 0 bridgehead atoms. The van der Waals surface area contributed by atoms with Gasteiger partial charge in [0, 0.05) is 5.66 Å². The van der Waals surface area contributed by atoms with E-state index in [0.29, 0.717) is 5.66 Å². The van der Waals surface area contributed by atoms with Crippen LogP contribution in [-0.4, -0.2) is 11.8 Å². The molecule has 1 nitrogen and oxygen atoms in total. The van der Waals surface area contributed by atoms with Gasteiger partial charge in [-0.1, -0.05) is 33.6 Å². The minimum atomic E-state index is -1.25. The van der Waals surface area contributed by atoms with Crippen LogP contribution in [0.1, 0.15) is 52.9 Å². The molecule has 0 fully saturated rings. The first kappa shape index (κ1) is 12.2. The summed E-state index contributed by atoms with van der Waals surface area (Å²) in [4.78, 5) is 0. The molecule has 0 aliphatic rings. The maximum absolute atomic E-state index is 11.7. The smallest absolute Gasteiger partial charge is 0.0791 e. The molecule has 0 aromatic rings. The van der Waals surface area contributed by atoms with Crippen LogP contribution >= 0.6 is 7.80 Å². The predicted octanol–water partition coefficient (Wildman–Crippen LogP) is 3.92. The third-order valence-electron chi connectivity index (χ3n) is 2.36. The van der Waals surface area contributed by atoms with E-state index in [1.54, 1.807) is 0 Å². The lowest BCUT2D eigenvalue weighted by molar-refractivity contribution is 0.565. The van der Waals surface area contributed by atoms with E-state index in [1.165, 1.54) is 12.8 Å². The quantitative estimate of drug-likeness (QED) is 0.556. The van der Waals surface area contributed by atoms with Gasteiger partial charge in [0.1, 0.15) is 0 Å². The fraction of sp³-hybridized carbons (Fsp3) is 1.00. The average molecular weight is 190 g/mol. The lowest BCUT2D eigenvalue weighted by Gasteiger charge is -2.12. The lowest BCUT2D eigenvalue weighted by Crippen LogP contribution is -2.01. The van der Waals surface area contributed by atoms with E-state index in [9.17, 15) is 4.57 Å². The van der Waals surface area contributed by atoms with E-state index in [2.05, 4.69) is 20.8 Å². The van der Waals surface area contributed by atoms with Crippen molar-refractivity contribution in [2.24, 2.45) is 0 Å². The SMILES string of the molecule is CCCC[PH](=O)C(CC)CCC. The minimum absolute atomic E-state index is 0.534. The summed E-state index contributed by atoms with van der Waals surface area (Å²) in [6.45, 7) is 6.50. The van der Waals surface area contributed by atoms with Crippen molar-refractivity contribution >= 4 is 7.80 Å². The third kappa shape index (κ3) is 4.98. The van der Waals surface area contributed by atoms with Crippen molar-refractivity contribution < 1.29 is 4.57 Å². The minimum Gasteiger partial charge on any atom is -0.327 e. The molecule has 2 atom stereocenters. The van der Waals surface area contributed by atoms with Gasteiger partial charge in [0.15, 0.2) is 0 Å². The van der Waals surface area contributed by atoms with Crippen LogP contribution in [0.15, 0.2) is 0 Å². The molecule has 0 aromatic carbocycles. The van der Waals surface area contributed by atoms with Crippen LogP contribution in [0.2, 0.25) is 0 Å². The van der Waals surface area contributed by atoms with Gasteiger partial charge in [0.05, 0.1) is 7.80 Å². The van der Waals surface area contributed by atoms with E-state index >= 15 is 0 Å². The molecule has 0 aliphatic carbocycles. The zero-order valence-electron chi connectivity index (χ0n) is 8.73. The van der Waals surface area contributed by atoms with Gasteiger partial charge in [0.2, 0.25) is 0 Å². The second kappa shape index (κ2) is 7.86. The van der Waals surface area contributed by atoms with Gasteiger partial charge in [-0.15, -0.1) is 0 Å².